The Labute approximate surface area is 113 Å². The van der Waals surface area contributed by atoms with E-state index in [0.29, 0.717) is 0 Å². The molecule has 2 aromatic rings. The summed E-state index contributed by atoms with van der Waals surface area (Å²) >= 11 is 0. The average Bonchev–Trinajstić information content (AvgIpc) is 2.97. The average molecular weight is 263 g/mol. The Balaban J connectivity index is 1.94. The van der Waals surface area contributed by atoms with Crippen LogP contribution in [0.15, 0.2) is 27.3 Å². The predicted octanol–water partition coefficient (Wildman–Crippen LogP) is 2.28. The second-order valence-corrected chi connectivity index (χ2v) is 4.93. The van der Waals surface area contributed by atoms with E-state index >= 15 is 0 Å². The first-order valence-electron chi connectivity index (χ1n) is 6.42. The molecule has 0 radical (unpaired) electrons. The minimum Gasteiger partial charge on any atom is -0.468 e. The van der Waals surface area contributed by atoms with Gasteiger partial charge in [0.05, 0.1) is 18.0 Å². The lowest BCUT2D eigenvalue weighted by molar-refractivity contribution is 0.250. The maximum Gasteiger partial charge on any atom is 0.138 e. The van der Waals surface area contributed by atoms with E-state index in [2.05, 4.69) is 15.4 Å². The van der Waals surface area contributed by atoms with Gasteiger partial charge in [0.2, 0.25) is 0 Å². The summed E-state index contributed by atoms with van der Waals surface area (Å²) in [5.41, 5.74) is 2.08. The largest absolute Gasteiger partial charge is 0.468 e. The lowest BCUT2D eigenvalue weighted by atomic mass is 10.1. The highest BCUT2D eigenvalue weighted by molar-refractivity contribution is 5.20. The van der Waals surface area contributed by atoms with Crippen LogP contribution in [0.25, 0.3) is 0 Å². The summed E-state index contributed by atoms with van der Waals surface area (Å²) in [5, 5.41) is 7.39. The van der Waals surface area contributed by atoms with Crippen molar-refractivity contribution in [3.63, 3.8) is 0 Å². The second-order valence-electron chi connectivity index (χ2n) is 4.93. The number of likely N-dealkylation sites (N-methyl/N-ethyl adjacent to an activating group) is 1. The van der Waals surface area contributed by atoms with Crippen molar-refractivity contribution in [1.82, 2.24) is 15.4 Å². The van der Waals surface area contributed by atoms with Crippen molar-refractivity contribution in [3.05, 3.63) is 41.2 Å². The molecule has 5 heteroatoms. The zero-order chi connectivity index (χ0) is 13.8. The normalized spacial score (nSPS) is 13.1. The number of rotatable bonds is 6. The molecule has 0 saturated carbocycles. The third-order valence-corrected chi connectivity index (χ3v) is 3.32. The fraction of sp³-hybridized carbons (Fsp3) is 0.500. The molecular weight excluding hydrogens is 242 g/mol. The van der Waals surface area contributed by atoms with Crippen LogP contribution in [-0.4, -0.2) is 30.7 Å². The molecule has 0 fully saturated rings. The van der Waals surface area contributed by atoms with Gasteiger partial charge in [-0.1, -0.05) is 5.16 Å². The van der Waals surface area contributed by atoms with Gasteiger partial charge in [-0.3, -0.25) is 4.90 Å². The molecule has 0 aromatic carbocycles. The molecule has 2 rings (SSSR count). The van der Waals surface area contributed by atoms with Gasteiger partial charge in [0.1, 0.15) is 11.5 Å². The summed E-state index contributed by atoms with van der Waals surface area (Å²) in [6.07, 6.45) is 1.71. The Morgan fingerprint density at radius 2 is 2.16 bits per heavy atom. The Morgan fingerprint density at radius 1 is 1.37 bits per heavy atom. The Bertz CT molecular complexity index is 483. The van der Waals surface area contributed by atoms with Gasteiger partial charge in [0.15, 0.2) is 0 Å². The van der Waals surface area contributed by atoms with Crippen molar-refractivity contribution in [1.29, 1.82) is 0 Å². The van der Waals surface area contributed by atoms with Crippen LogP contribution in [-0.2, 0) is 6.54 Å². The highest BCUT2D eigenvalue weighted by atomic mass is 16.5. The number of nitrogens with zero attached hydrogens (tertiary/aromatic N) is 2. The summed E-state index contributed by atoms with van der Waals surface area (Å²) in [4.78, 5) is 2.14. The molecule has 0 saturated heterocycles. The molecule has 19 heavy (non-hydrogen) atoms. The summed E-state index contributed by atoms with van der Waals surface area (Å²) in [5.74, 6) is 1.85. The number of aromatic nitrogens is 1. The third kappa shape index (κ3) is 3.24. The second kappa shape index (κ2) is 6.04. The topological polar surface area (TPSA) is 54.4 Å². The van der Waals surface area contributed by atoms with Gasteiger partial charge in [-0.15, -0.1) is 0 Å². The van der Waals surface area contributed by atoms with E-state index in [0.717, 1.165) is 35.9 Å². The Kier molecular flexibility index (Phi) is 4.39. The van der Waals surface area contributed by atoms with E-state index in [4.69, 9.17) is 8.94 Å². The molecular formula is C14H21N3O2. The van der Waals surface area contributed by atoms with Crippen molar-refractivity contribution >= 4 is 0 Å². The molecule has 2 heterocycles. The van der Waals surface area contributed by atoms with Crippen molar-refractivity contribution in [2.24, 2.45) is 0 Å². The van der Waals surface area contributed by atoms with Gasteiger partial charge >= 0.3 is 0 Å². The smallest absolute Gasteiger partial charge is 0.138 e. The first-order valence-corrected chi connectivity index (χ1v) is 6.42. The van der Waals surface area contributed by atoms with E-state index < -0.39 is 0 Å². The number of hydrogen-bond acceptors (Lipinski definition) is 5. The maximum absolute atomic E-state index is 5.48. The molecule has 2 aromatic heterocycles. The SMILES string of the molecule is Cc1noc(C)c1CNCC(c1ccco1)N(C)C. The number of nitrogens with one attached hydrogen (secondary N) is 1. The fourth-order valence-electron chi connectivity index (χ4n) is 2.11. The molecule has 5 nitrogen and oxygen atoms in total. The zero-order valence-electron chi connectivity index (χ0n) is 11.9. The van der Waals surface area contributed by atoms with Gasteiger partial charge in [-0.25, -0.2) is 0 Å². The van der Waals surface area contributed by atoms with Crippen molar-refractivity contribution < 1.29 is 8.94 Å². The summed E-state index contributed by atoms with van der Waals surface area (Å²) in [7, 11) is 4.09. The standard InChI is InChI=1S/C14H21N3O2/c1-10-12(11(2)19-16-10)8-15-9-13(17(3)4)14-6-5-7-18-14/h5-7,13,15H,8-9H2,1-4H3. The third-order valence-electron chi connectivity index (χ3n) is 3.32. The highest BCUT2D eigenvalue weighted by Gasteiger charge is 2.17. The van der Waals surface area contributed by atoms with E-state index in [1.165, 1.54) is 0 Å². The number of furan rings is 1. The van der Waals surface area contributed by atoms with Crippen LogP contribution >= 0.6 is 0 Å². The Morgan fingerprint density at radius 3 is 2.68 bits per heavy atom. The van der Waals surface area contributed by atoms with Gasteiger partial charge in [-0.2, -0.15) is 0 Å². The predicted molar refractivity (Wildman–Crippen MR) is 72.8 cm³/mol. The molecule has 0 aliphatic rings. The Hall–Kier alpha value is -1.59. The van der Waals surface area contributed by atoms with Crippen molar-refractivity contribution in [2.45, 2.75) is 26.4 Å². The first-order chi connectivity index (χ1) is 9.09. The fourth-order valence-corrected chi connectivity index (χ4v) is 2.11. The van der Waals surface area contributed by atoms with Gasteiger partial charge in [0, 0.05) is 18.7 Å². The summed E-state index contributed by atoms with van der Waals surface area (Å²) in [6.45, 7) is 5.47. The monoisotopic (exact) mass is 263 g/mol. The molecule has 104 valence electrons. The lowest BCUT2D eigenvalue weighted by Gasteiger charge is -2.22. The van der Waals surface area contributed by atoms with Crippen LogP contribution in [0.1, 0.15) is 28.8 Å². The molecule has 0 spiro atoms. The van der Waals surface area contributed by atoms with Gasteiger partial charge < -0.3 is 14.3 Å². The van der Waals surface area contributed by atoms with Crippen LogP contribution < -0.4 is 5.32 Å². The number of aryl methyl sites for hydroxylation is 2. The van der Waals surface area contributed by atoms with E-state index in [-0.39, 0.29) is 6.04 Å². The molecule has 1 N–H and O–H groups in total. The minimum atomic E-state index is 0.218. The van der Waals surface area contributed by atoms with E-state index in [1.54, 1.807) is 6.26 Å². The first kappa shape index (κ1) is 13.8. The van der Waals surface area contributed by atoms with Crippen molar-refractivity contribution in [3.8, 4) is 0 Å². The molecule has 1 atom stereocenters. The summed E-state index contributed by atoms with van der Waals surface area (Å²) < 4.78 is 10.6. The minimum absolute atomic E-state index is 0.218. The maximum atomic E-state index is 5.48. The highest BCUT2D eigenvalue weighted by Crippen LogP contribution is 2.18. The van der Waals surface area contributed by atoms with Crippen LogP contribution in [0.2, 0.25) is 0 Å². The van der Waals surface area contributed by atoms with Crippen molar-refractivity contribution in [2.75, 3.05) is 20.6 Å². The van der Waals surface area contributed by atoms with Crippen LogP contribution in [0, 0.1) is 13.8 Å². The zero-order valence-corrected chi connectivity index (χ0v) is 11.9. The summed E-state index contributed by atoms with van der Waals surface area (Å²) in [6, 6.07) is 4.14. The van der Waals surface area contributed by atoms with Crippen LogP contribution in [0.4, 0.5) is 0 Å². The quantitative estimate of drug-likeness (QED) is 0.866. The molecule has 1 unspecified atom stereocenters. The van der Waals surface area contributed by atoms with Gasteiger partial charge in [-0.05, 0) is 40.1 Å². The van der Waals surface area contributed by atoms with Crippen LogP contribution in [0.3, 0.4) is 0 Å². The van der Waals surface area contributed by atoms with E-state index in [9.17, 15) is 0 Å². The van der Waals surface area contributed by atoms with Gasteiger partial charge in [0.25, 0.3) is 0 Å². The number of hydrogen-bond donors (Lipinski definition) is 1. The van der Waals surface area contributed by atoms with E-state index in [1.807, 2.05) is 40.1 Å². The molecule has 0 aliphatic heterocycles. The molecule has 0 amide bonds. The molecule has 0 aliphatic carbocycles. The van der Waals surface area contributed by atoms with Crippen LogP contribution in [0.5, 0.6) is 0 Å². The molecule has 0 bridgehead atoms. The lowest BCUT2D eigenvalue weighted by Crippen LogP contribution is -2.30.